The van der Waals surface area contributed by atoms with Gasteiger partial charge < -0.3 is 19.1 Å². The molecule has 244 valence electrons. The van der Waals surface area contributed by atoms with Crippen LogP contribution in [0.1, 0.15) is 73.9 Å². The smallest absolute Gasteiger partial charge is 0.251 e. The zero-order chi connectivity index (χ0) is 31.6. The van der Waals surface area contributed by atoms with Crippen molar-refractivity contribution in [2.45, 2.75) is 82.2 Å². The summed E-state index contributed by atoms with van der Waals surface area (Å²) in [5, 5.41) is 0. The predicted molar refractivity (Wildman–Crippen MR) is 176 cm³/mol. The lowest BCUT2D eigenvalue weighted by Crippen LogP contribution is -2.67. The SMILES string of the molecule is COc1nc(C2CC2)nc(OC(C)C)c1CN1CC2CN(C(=O)C3CCCO3)CCN2C(C(c2ccccc2)c2ccccc2)C1. The van der Waals surface area contributed by atoms with Gasteiger partial charge in [-0.15, -0.1) is 0 Å². The fourth-order valence-corrected chi connectivity index (χ4v) is 7.60. The van der Waals surface area contributed by atoms with Gasteiger partial charge in [0.1, 0.15) is 11.9 Å². The van der Waals surface area contributed by atoms with E-state index in [9.17, 15) is 4.79 Å². The third-order valence-electron chi connectivity index (χ3n) is 9.90. The van der Waals surface area contributed by atoms with Crippen LogP contribution in [0, 0.1) is 0 Å². The highest BCUT2D eigenvalue weighted by atomic mass is 16.5. The van der Waals surface area contributed by atoms with E-state index in [4.69, 9.17) is 24.2 Å². The molecule has 0 bridgehead atoms. The van der Waals surface area contributed by atoms with Crippen LogP contribution < -0.4 is 9.47 Å². The second-order valence-corrected chi connectivity index (χ2v) is 13.6. The maximum atomic E-state index is 13.5. The lowest BCUT2D eigenvalue weighted by atomic mass is 9.81. The number of fused-ring (bicyclic) bond motifs is 1. The first-order chi connectivity index (χ1) is 22.5. The van der Waals surface area contributed by atoms with E-state index in [-0.39, 0.29) is 36.1 Å². The van der Waals surface area contributed by atoms with Crippen molar-refractivity contribution in [1.82, 2.24) is 24.7 Å². The summed E-state index contributed by atoms with van der Waals surface area (Å²) in [5.74, 6) is 2.75. The van der Waals surface area contributed by atoms with E-state index in [0.717, 1.165) is 63.3 Å². The summed E-state index contributed by atoms with van der Waals surface area (Å²) in [6.45, 7) is 9.26. The van der Waals surface area contributed by atoms with Crippen LogP contribution in [-0.2, 0) is 16.1 Å². The van der Waals surface area contributed by atoms with E-state index >= 15 is 0 Å². The maximum absolute atomic E-state index is 13.5. The van der Waals surface area contributed by atoms with Gasteiger partial charge in [-0.2, -0.15) is 9.97 Å². The topological polar surface area (TPSA) is 80.3 Å². The number of piperazine rings is 2. The fraction of sp³-hybridized carbons (Fsp3) is 0.541. The van der Waals surface area contributed by atoms with Crippen molar-refractivity contribution in [3.63, 3.8) is 0 Å². The first-order valence-corrected chi connectivity index (χ1v) is 17.1. The molecular weight excluding hydrogens is 578 g/mol. The minimum Gasteiger partial charge on any atom is -0.481 e. The number of benzene rings is 2. The minimum atomic E-state index is -0.300. The van der Waals surface area contributed by atoms with E-state index in [1.807, 2.05) is 13.8 Å². The number of ether oxygens (including phenoxy) is 3. The van der Waals surface area contributed by atoms with Crippen molar-refractivity contribution in [3.05, 3.63) is 83.2 Å². The van der Waals surface area contributed by atoms with Crippen molar-refractivity contribution in [2.75, 3.05) is 46.4 Å². The number of hydrogen-bond acceptors (Lipinski definition) is 8. The molecule has 7 rings (SSSR count). The average molecular weight is 626 g/mol. The Kier molecular flexibility index (Phi) is 9.24. The molecule has 0 spiro atoms. The Morgan fingerprint density at radius 3 is 2.22 bits per heavy atom. The Morgan fingerprint density at radius 2 is 1.61 bits per heavy atom. The van der Waals surface area contributed by atoms with E-state index in [1.165, 1.54) is 11.1 Å². The quantitative estimate of drug-likeness (QED) is 0.316. The first kappa shape index (κ1) is 31.1. The summed E-state index contributed by atoms with van der Waals surface area (Å²) >= 11 is 0. The van der Waals surface area contributed by atoms with Crippen LogP contribution in [0.15, 0.2) is 60.7 Å². The zero-order valence-corrected chi connectivity index (χ0v) is 27.4. The molecule has 9 nitrogen and oxygen atoms in total. The van der Waals surface area contributed by atoms with Gasteiger partial charge in [-0.1, -0.05) is 60.7 Å². The molecule has 1 aliphatic carbocycles. The summed E-state index contributed by atoms with van der Waals surface area (Å²) in [4.78, 5) is 30.6. The van der Waals surface area contributed by atoms with Crippen molar-refractivity contribution >= 4 is 5.91 Å². The largest absolute Gasteiger partial charge is 0.481 e. The number of aromatic nitrogens is 2. The van der Waals surface area contributed by atoms with E-state index in [1.54, 1.807) is 7.11 Å². The Morgan fingerprint density at radius 1 is 0.913 bits per heavy atom. The summed E-state index contributed by atoms with van der Waals surface area (Å²) in [5.41, 5.74) is 3.50. The minimum absolute atomic E-state index is 0.0220. The highest BCUT2D eigenvalue weighted by Gasteiger charge is 2.44. The van der Waals surface area contributed by atoms with Crippen LogP contribution in [0.3, 0.4) is 0 Å². The van der Waals surface area contributed by atoms with Gasteiger partial charge in [-0.05, 0) is 50.7 Å². The van der Waals surface area contributed by atoms with Crippen LogP contribution >= 0.6 is 0 Å². The molecule has 0 N–H and O–H groups in total. The van der Waals surface area contributed by atoms with E-state index in [2.05, 4.69) is 75.4 Å². The van der Waals surface area contributed by atoms with Crippen LogP contribution in [-0.4, -0.2) is 101 Å². The van der Waals surface area contributed by atoms with Gasteiger partial charge in [-0.3, -0.25) is 14.6 Å². The van der Waals surface area contributed by atoms with Gasteiger partial charge >= 0.3 is 0 Å². The monoisotopic (exact) mass is 625 g/mol. The second-order valence-electron chi connectivity index (χ2n) is 13.6. The highest BCUT2D eigenvalue weighted by Crippen LogP contribution is 2.42. The first-order valence-electron chi connectivity index (χ1n) is 17.1. The maximum Gasteiger partial charge on any atom is 0.251 e. The van der Waals surface area contributed by atoms with E-state index < -0.39 is 0 Å². The third-order valence-corrected chi connectivity index (χ3v) is 9.90. The molecule has 3 aliphatic heterocycles. The molecule has 1 amide bonds. The third kappa shape index (κ3) is 6.64. The van der Waals surface area contributed by atoms with Crippen LogP contribution in [0.25, 0.3) is 0 Å². The van der Waals surface area contributed by atoms with Gasteiger partial charge in [0, 0.05) is 69.8 Å². The number of nitrogens with zero attached hydrogens (tertiary/aromatic N) is 5. The molecule has 4 heterocycles. The summed E-state index contributed by atoms with van der Waals surface area (Å²) in [7, 11) is 1.69. The Labute approximate surface area is 272 Å². The molecule has 4 fully saturated rings. The number of carbonyl (C=O) groups is 1. The summed E-state index contributed by atoms with van der Waals surface area (Å²) in [6, 6.07) is 22.1. The molecule has 9 heteroatoms. The number of carbonyl (C=O) groups excluding carboxylic acids is 1. The number of amides is 1. The normalized spacial score (nSPS) is 23.9. The predicted octanol–water partition coefficient (Wildman–Crippen LogP) is 4.86. The van der Waals surface area contributed by atoms with E-state index in [0.29, 0.717) is 37.4 Å². The molecule has 3 atom stereocenters. The number of hydrogen-bond donors (Lipinski definition) is 0. The van der Waals surface area contributed by atoms with Gasteiger partial charge in [-0.25, -0.2) is 0 Å². The molecule has 1 saturated carbocycles. The zero-order valence-electron chi connectivity index (χ0n) is 27.4. The highest BCUT2D eigenvalue weighted by molar-refractivity contribution is 5.81. The lowest BCUT2D eigenvalue weighted by Gasteiger charge is -2.53. The van der Waals surface area contributed by atoms with Gasteiger partial charge in [0.2, 0.25) is 11.8 Å². The summed E-state index contributed by atoms with van der Waals surface area (Å²) < 4.78 is 18.1. The Hall–Kier alpha value is -3.53. The number of rotatable bonds is 10. The molecule has 2 aromatic carbocycles. The lowest BCUT2D eigenvalue weighted by molar-refractivity contribution is -0.146. The summed E-state index contributed by atoms with van der Waals surface area (Å²) in [6.07, 6.45) is 3.66. The van der Waals surface area contributed by atoms with Gasteiger partial charge in [0.25, 0.3) is 5.91 Å². The van der Waals surface area contributed by atoms with Crippen molar-refractivity contribution < 1.29 is 19.0 Å². The molecule has 4 aliphatic rings. The number of methoxy groups -OCH3 is 1. The van der Waals surface area contributed by atoms with Gasteiger partial charge in [0.05, 0.1) is 18.8 Å². The van der Waals surface area contributed by atoms with Crippen LogP contribution in [0.4, 0.5) is 0 Å². The molecular formula is C37H47N5O4. The molecule has 0 radical (unpaired) electrons. The van der Waals surface area contributed by atoms with Gasteiger partial charge in [0.15, 0.2) is 0 Å². The molecule has 1 aromatic heterocycles. The molecule has 3 unspecified atom stereocenters. The molecule has 46 heavy (non-hydrogen) atoms. The molecule has 3 saturated heterocycles. The van der Waals surface area contributed by atoms with Crippen molar-refractivity contribution in [1.29, 1.82) is 0 Å². The van der Waals surface area contributed by atoms with Crippen molar-refractivity contribution in [2.24, 2.45) is 0 Å². The van der Waals surface area contributed by atoms with Crippen LogP contribution in [0.5, 0.6) is 11.8 Å². The Bertz CT molecular complexity index is 1440. The fourth-order valence-electron chi connectivity index (χ4n) is 7.60. The second kappa shape index (κ2) is 13.7. The Balaban J connectivity index is 1.24. The molecule has 3 aromatic rings. The van der Waals surface area contributed by atoms with Crippen molar-refractivity contribution in [3.8, 4) is 11.8 Å². The standard InChI is InChI=1S/C37H47N5O4/c1-25(2)46-36-30(35(44-3)38-34(39-36)28-16-17-28)23-40-21-29-22-41(37(43)32-15-10-20-45-32)18-19-42(29)31(24-40)33(26-11-6-4-7-12-26)27-13-8-5-9-14-27/h4-9,11-14,25,28-29,31-33H,10,15-24H2,1-3H3. The average Bonchev–Trinajstić information content (AvgIpc) is 3.79. The van der Waals surface area contributed by atoms with Crippen LogP contribution in [0.2, 0.25) is 0 Å².